The van der Waals surface area contributed by atoms with E-state index in [1.54, 1.807) is 11.3 Å². The maximum atomic E-state index is 8.35. The highest BCUT2D eigenvalue weighted by atomic mass is 32.1. The van der Waals surface area contributed by atoms with Crippen LogP contribution in [0.3, 0.4) is 0 Å². The smallest absolute Gasteiger partial charge is 0.139 e. The molecule has 1 heterocycles. The predicted octanol–water partition coefficient (Wildman–Crippen LogP) is 2.32. The van der Waals surface area contributed by atoms with Crippen LogP contribution in [0, 0.1) is 0 Å². The average Bonchev–Trinajstić information content (AvgIpc) is 2.81. The molecule has 4 nitrogen and oxygen atoms in total. The molecule has 16 heavy (non-hydrogen) atoms. The molecule has 1 atom stereocenters. The number of hydrogen-bond acceptors (Lipinski definition) is 4. The van der Waals surface area contributed by atoms with Crippen molar-refractivity contribution < 1.29 is 5.21 Å². The maximum Gasteiger partial charge on any atom is 0.139 e. The summed E-state index contributed by atoms with van der Waals surface area (Å²) in [6, 6.07) is 2.54. The first-order valence-corrected chi connectivity index (χ1v) is 6.40. The molecule has 0 radical (unpaired) electrons. The quantitative estimate of drug-likeness (QED) is 0.225. The molecule has 0 aliphatic carbocycles. The molecule has 1 aromatic heterocycles. The fraction of sp³-hybridized carbons (Fsp3) is 0.545. The fourth-order valence-electron chi connectivity index (χ4n) is 1.44. The van der Waals surface area contributed by atoms with E-state index < -0.39 is 0 Å². The monoisotopic (exact) mass is 241 g/mol. The van der Waals surface area contributed by atoms with Crippen LogP contribution in [0.4, 0.5) is 0 Å². The summed E-state index contributed by atoms with van der Waals surface area (Å²) in [7, 11) is 0. The van der Waals surface area contributed by atoms with E-state index in [9.17, 15) is 0 Å². The van der Waals surface area contributed by atoms with Crippen LogP contribution in [-0.2, 0) is 0 Å². The topological polar surface area (TPSA) is 70.6 Å². The van der Waals surface area contributed by atoms with Crippen molar-refractivity contribution in [1.29, 1.82) is 0 Å². The average molecular weight is 241 g/mol. The van der Waals surface area contributed by atoms with Gasteiger partial charge in [0.15, 0.2) is 0 Å². The first-order chi connectivity index (χ1) is 7.74. The molecule has 4 N–H and O–H groups in total. The highest BCUT2D eigenvalue weighted by molar-refractivity contribution is 7.07. The number of unbranched alkanes of at least 4 members (excludes halogenated alkanes) is 1. The first-order valence-electron chi connectivity index (χ1n) is 5.46. The van der Waals surface area contributed by atoms with Crippen LogP contribution in [0.2, 0.25) is 0 Å². The lowest BCUT2D eigenvalue weighted by atomic mass is 10.1. The molecule has 0 aliphatic heterocycles. The second-order valence-corrected chi connectivity index (χ2v) is 4.56. The Morgan fingerprint density at radius 3 is 3.06 bits per heavy atom. The summed E-state index contributed by atoms with van der Waals surface area (Å²) in [5.41, 5.74) is 6.71. The van der Waals surface area contributed by atoms with Gasteiger partial charge >= 0.3 is 0 Å². The number of nitrogens with two attached hydrogens (primary N) is 1. The Morgan fingerprint density at radius 2 is 2.44 bits per heavy atom. The highest BCUT2D eigenvalue weighted by Gasteiger charge is 2.03. The van der Waals surface area contributed by atoms with E-state index in [4.69, 9.17) is 10.9 Å². The van der Waals surface area contributed by atoms with Crippen molar-refractivity contribution in [1.82, 2.24) is 5.32 Å². The van der Waals surface area contributed by atoms with Gasteiger partial charge in [0, 0.05) is 12.5 Å². The summed E-state index contributed by atoms with van der Waals surface area (Å²) < 4.78 is 0. The van der Waals surface area contributed by atoms with E-state index in [1.165, 1.54) is 5.56 Å². The minimum absolute atomic E-state index is 0.311. The minimum Gasteiger partial charge on any atom is -0.409 e. The predicted molar refractivity (Wildman–Crippen MR) is 68.0 cm³/mol. The fourth-order valence-corrected chi connectivity index (χ4v) is 2.19. The zero-order valence-corrected chi connectivity index (χ0v) is 10.3. The number of nitrogens with one attached hydrogen (secondary N) is 1. The zero-order chi connectivity index (χ0) is 11.8. The normalized spacial score (nSPS) is 13.9. The maximum absolute atomic E-state index is 8.35. The Morgan fingerprint density at radius 1 is 1.62 bits per heavy atom. The summed E-state index contributed by atoms with van der Waals surface area (Å²) in [4.78, 5) is 0. The van der Waals surface area contributed by atoms with Crippen molar-refractivity contribution in [3.05, 3.63) is 22.4 Å². The summed E-state index contributed by atoms with van der Waals surface area (Å²) >= 11 is 1.72. The molecule has 1 unspecified atom stereocenters. The lowest BCUT2D eigenvalue weighted by molar-refractivity contribution is 0.316. The van der Waals surface area contributed by atoms with Gasteiger partial charge in [-0.15, -0.1) is 0 Å². The Balaban J connectivity index is 2.07. The largest absolute Gasteiger partial charge is 0.409 e. The van der Waals surface area contributed by atoms with Crippen molar-refractivity contribution in [3.8, 4) is 0 Å². The van der Waals surface area contributed by atoms with E-state index in [0.29, 0.717) is 18.3 Å². The van der Waals surface area contributed by atoms with Crippen LogP contribution >= 0.6 is 11.3 Å². The lowest BCUT2D eigenvalue weighted by Gasteiger charge is -2.11. The summed E-state index contributed by atoms with van der Waals surface area (Å²) in [6.45, 7) is 3.11. The Kier molecular flexibility index (Phi) is 5.88. The van der Waals surface area contributed by atoms with Crippen LogP contribution in [0.15, 0.2) is 22.0 Å². The number of amidine groups is 1. The van der Waals surface area contributed by atoms with E-state index in [-0.39, 0.29) is 0 Å². The molecule has 5 heteroatoms. The highest BCUT2D eigenvalue weighted by Crippen LogP contribution is 2.15. The third-order valence-corrected chi connectivity index (χ3v) is 3.18. The lowest BCUT2D eigenvalue weighted by Crippen LogP contribution is -2.20. The van der Waals surface area contributed by atoms with Crippen molar-refractivity contribution >= 4 is 17.2 Å². The zero-order valence-electron chi connectivity index (χ0n) is 9.52. The van der Waals surface area contributed by atoms with Crippen LogP contribution in [0.25, 0.3) is 0 Å². The molecule has 0 saturated carbocycles. The van der Waals surface area contributed by atoms with E-state index >= 15 is 0 Å². The van der Waals surface area contributed by atoms with Gasteiger partial charge in [-0.2, -0.15) is 11.3 Å². The SMILES string of the molecule is CC(NCCCCC(N)=NO)c1ccsc1. The van der Waals surface area contributed by atoms with Crippen LogP contribution in [-0.4, -0.2) is 17.6 Å². The summed E-state index contributed by atoms with van der Waals surface area (Å²) in [5, 5.41) is 19.0. The summed E-state index contributed by atoms with van der Waals surface area (Å²) in [6.07, 6.45) is 2.63. The van der Waals surface area contributed by atoms with Gasteiger partial charge in [0.2, 0.25) is 0 Å². The van der Waals surface area contributed by atoms with E-state index in [0.717, 1.165) is 19.4 Å². The third kappa shape index (κ3) is 4.63. The molecule has 1 rings (SSSR count). The molecule has 90 valence electrons. The van der Waals surface area contributed by atoms with E-state index in [2.05, 4.69) is 34.2 Å². The molecule has 0 fully saturated rings. The van der Waals surface area contributed by atoms with Gasteiger partial charge < -0.3 is 16.3 Å². The second kappa shape index (κ2) is 7.24. The second-order valence-electron chi connectivity index (χ2n) is 3.78. The van der Waals surface area contributed by atoms with Crippen molar-refractivity contribution in [2.75, 3.05) is 6.54 Å². The summed E-state index contributed by atoms with van der Waals surface area (Å²) in [5.74, 6) is 0.311. The molecule has 0 aromatic carbocycles. The molecular weight excluding hydrogens is 222 g/mol. The Bertz CT molecular complexity index is 311. The third-order valence-electron chi connectivity index (χ3n) is 2.48. The number of hydrogen-bond donors (Lipinski definition) is 3. The standard InChI is InChI=1S/C11H19N3OS/c1-9(10-5-7-16-8-10)13-6-3-2-4-11(12)14-15/h5,7-9,13,15H,2-4,6H2,1H3,(H2,12,14). The van der Waals surface area contributed by atoms with Gasteiger partial charge in [0.1, 0.15) is 5.84 Å². The molecule has 0 saturated heterocycles. The molecular formula is C11H19N3OS. The first kappa shape index (κ1) is 13.0. The van der Waals surface area contributed by atoms with Gasteiger partial charge in [-0.3, -0.25) is 0 Å². The number of thiophene rings is 1. The molecule has 0 bridgehead atoms. The molecule has 1 aromatic rings. The van der Waals surface area contributed by atoms with Gasteiger partial charge in [-0.25, -0.2) is 0 Å². The minimum atomic E-state index is 0.311. The number of oxime groups is 1. The Hall–Kier alpha value is -1.07. The molecule has 0 spiro atoms. The number of nitrogens with zero attached hydrogens (tertiary/aromatic N) is 1. The van der Waals surface area contributed by atoms with Gasteiger partial charge in [0.25, 0.3) is 0 Å². The van der Waals surface area contributed by atoms with Gasteiger partial charge in [0.05, 0.1) is 0 Å². The Labute approximate surface area is 100 Å². The van der Waals surface area contributed by atoms with E-state index in [1.807, 2.05) is 0 Å². The van der Waals surface area contributed by atoms with Gasteiger partial charge in [-0.1, -0.05) is 5.16 Å². The van der Waals surface area contributed by atoms with Crippen LogP contribution in [0.5, 0.6) is 0 Å². The van der Waals surface area contributed by atoms with Crippen LogP contribution < -0.4 is 11.1 Å². The van der Waals surface area contributed by atoms with Crippen molar-refractivity contribution in [3.63, 3.8) is 0 Å². The van der Waals surface area contributed by atoms with Gasteiger partial charge in [-0.05, 0) is 48.7 Å². The molecule has 0 aliphatic rings. The number of rotatable bonds is 7. The van der Waals surface area contributed by atoms with Crippen molar-refractivity contribution in [2.24, 2.45) is 10.9 Å². The molecule has 0 amide bonds. The van der Waals surface area contributed by atoms with Crippen LogP contribution in [0.1, 0.15) is 37.8 Å². The van der Waals surface area contributed by atoms with Crippen molar-refractivity contribution in [2.45, 2.75) is 32.2 Å².